The molecule has 96 valence electrons. The average Bonchev–Trinajstić information content (AvgIpc) is 2.73. The summed E-state index contributed by atoms with van der Waals surface area (Å²) in [5.74, 6) is -0.547. The van der Waals surface area contributed by atoms with Crippen LogP contribution in [0.5, 0.6) is 5.75 Å². The van der Waals surface area contributed by atoms with Gasteiger partial charge in [-0.05, 0) is 17.9 Å². The first-order chi connectivity index (χ1) is 7.96. The molecule has 0 saturated carbocycles. The number of ether oxygens (including phenoxy) is 1. The van der Waals surface area contributed by atoms with Crippen LogP contribution >= 0.6 is 11.3 Å². The van der Waals surface area contributed by atoms with Gasteiger partial charge in [0.1, 0.15) is 15.6 Å². The van der Waals surface area contributed by atoms with Crippen molar-refractivity contribution in [3.8, 4) is 5.75 Å². The van der Waals surface area contributed by atoms with Crippen molar-refractivity contribution in [2.45, 2.75) is 13.3 Å². The van der Waals surface area contributed by atoms with Gasteiger partial charge in [-0.15, -0.1) is 11.3 Å². The third-order valence-corrected chi connectivity index (χ3v) is 4.79. The molecular weight excluding hydrogens is 264 g/mol. The molecule has 0 amide bonds. The van der Waals surface area contributed by atoms with E-state index >= 15 is 0 Å². The second-order valence-corrected chi connectivity index (χ2v) is 6.75. The maximum Gasteiger partial charge on any atom is 0.349 e. The Kier molecular flexibility index (Phi) is 4.95. The van der Waals surface area contributed by atoms with Gasteiger partial charge in [0, 0.05) is 5.75 Å². The van der Waals surface area contributed by atoms with Crippen molar-refractivity contribution in [3.05, 3.63) is 16.3 Å². The zero-order valence-corrected chi connectivity index (χ0v) is 11.0. The molecule has 0 aliphatic carbocycles. The van der Waals surface area contributed by atoms with E-state index in [2.05, 4.69) is 0 Å². The molecule has 1 heterocycles. The summed E-state index contributed by atoms with van der Waals surface area (Å²) in [6, 6.07) is 1.57. The van der Waals surface area contributed by atoms with Crippen LogP contribution in [0.15, 0.2) is 11.4 Å². The van der Waals surface area contributed by atoms with E-state index in [-0.39, 0.29) is 23.0 Å². The van der Waals surface area contributed by atoms with Crippen LogP contribution in [0.25, 0.3) is 0 Å². The molecule has 0 bridgehead atoms. The molecule has 5 nitrogen and oxygen atoms in total. The summed E-state index contributed by atoms with van der Waals surface area (Å²) in [5, 5.41) is 10.4. The fourth-order valence-electron chi connectivity index (χ4n) is 1.17. The summed E-state index contributed by atoms with van der Waals surface area (Å²) in [4.78, 5) is 10.9. The highest BCUT2D eigenvalue weighted by atomic mass is 32.2. The number of carboxylic acids is 1. The summed E-state index contributed by atoms with van der Waals surface area (Å²) < 4.78 is 27.6. The molecule has 7 heteroatoms. The van der Waals surface area contributed by atoms with Crippen LogP contribution in [-0.4, -0.2) is 37.6 Å². The van der Waals surface area contributed by atoms with Gasteiger partial charge in [0.05, 0.1) is 12.4 Å². The molecule has 0 aliphatic rings. The highest BCUT2D eigenvalue weighted by Gasteiger charge is 2.13. The van der Waals surface area contributed by atoms with Crippen molar-refractivity contribution in [2.75, 3.05) is 18.1 Å². The van der Waals surface area contributed by atoms with Crippen LogP contribution in [0.4, 0.5) is 0 Å². The van der Waals surface area contributed by atoms with Crippen molar-refractivity contribution in [2.24, 2.45) is 0 Å². The normalized spacial score (nSPS) is 11.4. The number of hydrogen-bond donors (Lipinski definition) is 1. The van der Waals surface area contributed by atoms with Gasteiger partial charge in [0.25, 0.3) is 0 Å². The minimum atomic E-state index is -2.98. The number of sulfone groups is 1. The molecule has 0 fully saturated rings. The number of carboxylic acid groups (broad SMARTS) is 1. The van der Waals surface area contributed by atoms with Crippen LogP contribution < -0.4 is 4.74 Å². The molecule has 1 aromatic heterocycles. The van der Waals surface area contributed by atoms with E-state index in [1.807, 2.05) is 0 Å². The average molecular weight is 278 g/mol. The quantitative estimate of drug-likeness (QED) is 0.767. The lowest BCUT2D eigenvalue weighted by Gasteiger charge is -2.05. The SMILES string of the molecule is CCS(=O)(=O)CCCOc1ccsc1C(=O)O. The molecule has 0 unspecified atom stereocenters. The van der Waals surface area contributed by atoms with Crippen molar-refractivity contribution in [1.82, 2.24) is 0 Å². The predicted molar refractivity (Wildman–Crippen MR) is 65.7 cm³/mol. The third kappa shape index (κ3) is 4.35. The van der Waals surface area contributed by atoms with E-state index in [0.717, 1.165) is 11.3 Å². The molecule has 0 atom stereocenters. The number of rotatable bonds is 7. The van der Waals surface area contributed by atoms with Gasteiger partial charge in [-0.25, -0.2) is 13.2 Å². The van der Waals surface area contributed by atoms with E-state index in [9.17, 15) is 13.2 Å². The van der Waals surface area contributed by atoms with Gasteiger partial charge in [0.2, 0.25) is 0 Å². The van der Waals surface area contributed by atoms with Gasteiger partial charge < -0.3 is 9.84 Å². The van der Waals surface area contributed by atoms with E-state index in [4.69, 9.17) is 9.84 Å². The van der Waals surface area contributed by atoms with E-state index in [1.165, 1.54) is 0 Å². The van der Waals surface area contributed by atoms with Crippen LogP contribution in [-0.2, 0) is 9.84 Å². The molecular formula is C10H14O5S2. The van der Waals surface area contributed by atoms with Crippen LogP contribution in [0.1, 0.15) is 23.0 Å². The molecule has 0 spiro atoms. The lowest BCUT2D eigenvalue weighted by molar-refractivity contribution is 0.0698. The molecule has 0 aromatic carbocycles. The Morgan fingerprint density at radius 2 is 2.24 bits per heavy atom. The standard InChI is InChI=1S/C10H14O5S2/c1-2-17(13,14)7-3-5-15-8-4-6-16-9(8)10(11)12/h4,6H,2-3,5,7H2,1H3,(H,11,12). The number of thiophene rings is 1. The molecule has 17 heavy (non-hydrogen) atoms. The van der Waals surface area contributed by atoms with Gasteiger partial charge in [-0.2, -0.15) is 0 Å². The lowest BCUT2D eigenvalue weighted by atomic mass is 10.4. The van der Waals surface area contributed by atoms with Crippen LogP contribution in [0.3, 0.4) is 0 Å². The molecule has 1 N–H and O–H groups in total. The van der Waals surface area contributed by atoms with Gasteiger partial charge in [-0.1, -0.05) is 6.92 Å². The van der Waals surface area contributed by atoms with Gasteiger partial charge in [0.15, 0.2) is 4.88 Å². The fraction of sp³-hybridized carbons (Fsp3) is 0.500. The fourth-order valence-corrected chi connectivity index (χ4v) is 2.69. The largest absolute Gasteiger partial charge is 0.492 e. The Morgan fingerprint density at radius 3 is 2.82 bits per heavy atom. The molecule has 0 radical (unpaired) electrons. The molecule has 1 rings (SSSR count). The number of carbonyl (C=O) groups is 1. The first-order valence-corrected chi connectivity index (χ1v) is 7.80. The smallest absolute Gasteiger partial charge is 0.349 e. The summed E-state index contributed by atoms with van der Waals surface area (Å²) in [7, 11) is -2.98. The second-order valence-electron chi connectivity index (χ2n) is 3.36. The van der Waals surface area contributed by atoms with E-state index < -0.39 is 15.8 Å². The molecule has 0 saturated heterocycles. The van der Waals surface area contributed by atoms with E-state index in [0.29, 0.717) is 12.2 Å². The summed E-state index contributed by atoms with van der Waals surface area (Å²) >= 11 is 1.08. The first-order valence-electron chi connectivity index (χ1n) is 5.10. The zero-order chi connectivity index (χ0) is 12.9. The zero-order valence-electron chi connectivity index (χ0n) is 9.38. The van der Waals surface area contributed by atoms with Gasteiger partial charge >= 0.3 is 5.97 Å². The summed E-state index contributed by atoms with van der Waals surface area (Å²) in [6.45, 7) is 1.80. The molecule has 0 aliphatic heterocycles. The van der Waals surface area contributed by atoms with E-state index in [1.54, 1.807) is 18.4 Å². The second kappa shape index (κ2) is 6.02. The Bertz CT molecular complexity index is 475. The number of aromatic carboxylic acids is 1. The Labute approximate surface area is 104 Å². The Morgan fingerprint density at radius 1 is 1.53 bits per heavy atom. The highest BCUT2D eigenvalue weighted by molar-refractivity contribution is 7.91. The van der Waals surface area contributed by atoms with Crippen LogP contribution in [0.2, 0.25) is 0 Å². The predicted octanol–water partition coefficient (Wildman–Crippen LogP) is 1.65. The highest BCUT2D eigenvalue weighted by Crippen LogP contribution is 2.24. The van der Waals surface area contributed by atoms with Crippen molar-refractivity contribution in [1.29, 1.82) is 0 Å². The Balaban J connectivity index is 2.42. The monoisotopic (exact) mass is 278 g/mol. The van der Waals surface area contributed by atoms with Crippen LogP contribution in [0, 0.1) is 0 Å². The van der Waals surface area contributed by atoms with Crippen molar-refractivity contribution in [3.63, 3.8) is 0 Å². The minimum Gasteiger partial charge on any atom is -0.492 e. The number of hydrogen-bond acceptors (Lipinski definition) is 5. The van der Waals surface area contributed by atoms with Crippen molar-refractivity contribution >= 4 is 27.1 Å². The third-order valence-electron chi connectivity index (χ3n) is 2.12. The van der Waals surface area contributed by atoms with Gasteiger partial charge in [-0.3, -0.25) is 0 Å². The minimum absolute atomic E-state index is 0.0655. The Hall–Kier alpha value is -1.08. The summed E-state index contributed by atoms with van der Waals surface area (Å²) in [6.07, 6.45) is 0.366. The molecule has 1 aromatic rings. The maximum absolute atomic E-state index is 11.2. The maximum atomic E-state index is 11.2. The lowest BCUT2D eigenvalue weighted by Crippen LogP contribution is -2.12. The first kappa shape index (κ1) is 14.0. The van der Waals surface area contributed by atoms with Crippen molar-refractivity contribution < 1.29 is 23.1 Å². The topological polar surface area (TPSA) is 80.7 Å². The summed E-state index contributed by atoms with van der Waals surface area (Å²) in [5.41, 5.74) is 0.